The number of benzene rings is 3. The van der Waals surface area contributed by atoms with Crippen molar-refractivity contribution in [3.63, 3.8) is 0 Å². The van der Waals surface area contributed by atoms with Crippen molar-refractivity contribution in [1.29, 1.82) is 0 Å². The number of carbonyl (C=O) groups is 1. The van der Waals surface area contributed by atoms with E-state index >= 15 is 0 Å². The highest BCUT2D eigenvalue weighted by Gasteiger charge is 2.24. The van der Waals surface area contributed by atoms with Gasteiger partial charge in [0.2, 0.25) is 0 Å². The lowest BCUT2D eigenvalue weighted by Gasteiger charge is -2.26. The molecule has 3 aromatic rings. The molecule has 0 spiro atoms. The van der Waals surface area contributed by atoms with Crippen molar-refractivity contribution in [2.45, 2.75) is 30.2 Å². The number of nitrogens with zero attached hydrogens (tertiary/aromatic N) is 1. The number of hydrogen-bond acceptors (Lipinski definition) is 3. The molecule has 0 radical (unpaired) electrons. The van der Waals surface area contributed by atoms with Crippen molar-refractivity contribution in [3.8, 4) is 0 Å². The second-order valence-electron chi connectivity index (χ2n) is 7.45. The number of aryl methyl sites for hydroxylation is 1. The summed E-state index contributed by atoms with van der Waals surface area (Å²) >= 11 is 0. The summed E-state index contributed by atoms with van der Waals surface area (Å²) in [5, 5.41) is 3.12. The Labute approximate surface area is 177 Å². The van der Waals surface area contributed by atoms with E-state index in [0.29, 0.717) is 11.3 Å². The summed E-state index contributed by atoms with van der Waals surface area (Å²) in [7, 11) is -2.20. The highest BCUT2D eigenvalue weighted by atomic mass is 32.2. The molecule has 0 unspecified atom stereocenters. The first-order valence-corrected chi connectivity index (χ1v) is 11.4. The molecule has 0 heterocycles. The van der Waals surface area contributed by atoms with E-state index in [4.69, 9.17) is 0 Å². The SMILES string of the molecule is CN(c1cccc(C(=O)N[C@H]2CCCc3ccccc32)c1)S(=O)(=O)c1ccccc1. The number of hydrogen-bond donors (Lipinski definition) is 1. The van der Waals surface area contributed by atoms with Crippen molar-refractivity contribution in [1.82, 2.24) is 5.32 Å². The van der Waals surface area contributed by atoms with E-state index in [1.54, 1.807) is 54.6 Å². The van der Waals surface area contributed by atoms with Crippen LogP contribution in [0.15, 0.2) is 83.8 Å². The largest absolute Gasteiger partial charge is 0.345 e. The number of sulfonamides is 1. The van der Waals surface area contributed by atoms with Crippen molar-refractivity contribution < 1.29 is 13.2 Å². The second kappa shape index (κ2) is 8.32. The van der Waals surface area contributed by atoms with Gasteiger partial charge in [0, 0.05) is 12.6 Å². The number of fused-ring (bicyclic) bond motifs is 1. The fourth-order valence-corrected chi connectivity index (χ4v) is 5.09. The van der Waals surface area contributed by atoms with E-state index in [2.05, 4.69) is 17.4 Å². The van der Waals surface area contributed by atoms with Crippen molar-refractivity contribution in [2.75, 3.05) is 11.4 Å². The summed E-state index contributed by atoms with van der Waals surface area (Å²) in [6.45, 7) is 0. The van der Waals surface area contributed by atoms with Gasteiger partial charge in [-0.1, -0.05) is 48.5 Å². The van der Waals surface area contributed by atoms with Gasteiger partial charge in [-0.15, -0.1) is 0 Å². The molecule has 0 bridgehead atoms. The van der Waals surface area contributed by atoms with E-state index < -0.39 is 10.0 Å². The Bertz CT molecular complexity index is 1160. The molecule has 0 aliphatic heterocycles. The standard InChI is InChI=1S/C24H24N2O3S/c1-26(30(28,29)21-13-3-2-4-14-21)20-12-7-11-19(17-20)24(27)25-23-16-8-10-18-9-5-6-15-22(18)23/h2-7,9,11-15,17,23H,8,10,16H2,1H3,(H,25,27)/t23-/m0/s1. The van der Waals surface area contributed by atoms with Crippen LogP contribution in [-0.2, 0) is 16.4 Å². The third-order valence-electron chi connectivity index (χ3n) is 5.55. The number of rotatable bonds is 5. The molecule has 30 heavy (non-hydrogen) atoms. The summed E-state index contributed by atoms with van der Waals surface area (Å²) in [5.74, 6) is -0.205. The molecule has 5 nitrogen and oxygen atoms in total. The van der Waals surface area contributed by atoms with Crippen LogP contribution in [0.1, 0.15) is 40.4 Å². The third-order valence-corrected chi connectivity index (χ3v) is 7.35. The van der Waals surface area contributed by atoms with Crippen LogP contribution in [0, 0.1) is 0 Å². The molecule has 0 aromatic heterocycles. The van der Waals surface area contributed by atoms with Gasteiger partial charge < -0.3 is 5.32 Å². The maximum atomic E-state index is 12.9. The van der Waals surface area contributed by atoms with Gasteiger partial charge in [-0.05, 0) is 60.7 Å². The fourth-order valence-electron chi connectivity index (χ4n) is 3.88. The van der Waals surface area contributed by atoms with Crippen LogP contribution >= 0.6 is 0 Å². The minimum atomic E-state index is -3.70. The molecule has 0 fully saturated rings. The summed E-state index contributed by atoms with van der Waals surface area (Å²) in [6, 6.07) is 23.1. The molecular formula is C24H24N2O3S. The maximum absolute atomic E-state index is 12.9. The molecular weight excluding hydrogens is 396 g/mol. The Kier molecular flexibility index (Phi) is 5.59. The van der Waals surface area contributed by atoms with Gasteiger partial charge in [-0.3, -0.25) is 9.10 Å². The van der Waals surface area contributed by atoms with Gasteiger partial charge in [-0.25, -0.2) is 8.42 Å². The zero-order valence-electron chi connectivity index (χ0n) is 16.8. The van der Waals surface area contributed by atoms with Crippen LogP contribution in [0.4, 0.5) is 5.69 Å². The summed E-state index contributed by atoms with van der Waals surface area (Å²) in [5.41, 5.74) is 3.31. The number of amides is 1. The van der Waals surface area contributed by atoms with Gasteiger partial charge in [-0.2, -0.15) is 0 Å². The van der Waals surface area contributed by atoms with Gasteiger partial charge in [0.05, 0.1) is 16.6 Å². The number of nitrogens with one attached hydrogen (secondary N) is 1. The van der Waals surface area contributed by atoms with Crippen LogP contribution in [-0.4, -0.2) is 21.4 Å². The Hall–Kier alpha value is -3.12. The van der Waals surface area contributed by atoms with Crippen LogP contribution in [0.3, 0.4) is 0 Å². The molecule has 154 valence electrons. The van der Waals surface area contributed by atoms with E-state index in [0.717, 1.165) is 24.8 Å². The smallest absolute Gasteiger partial charge is 0.264 e. The highest BCUT2D eigenvalue weighted by Crippen LogP contribution is 2.30. The molecule has 3 aromatic carbocycles. The predicted molar refractivity (Wildman–Crippen MR) is 118 cm³/mol. The van der Waals surface area contributed by atoms with E-state index in [1.807, 2.05) is 12.1 Å². The molecule has 1 aliphatic carbocycles. The predicted octanol–water partition coefficient (Wildman–Crippen LogP) is 4.32. The molecule has 0 saturated carbocycles. The molecule has 4 rings (SSSR count). The first-order chi connectivity index (χ1) is 14.5. The average molecular weight is 421 g/mol. The topological polar surface area (TPSA) is 66.5 Å². The first kappa shape index (κ1) is 20.2. The van der Waals surface area contributed by atoms with Crippen molar-refractivity contribution in [2.24, 2.45) is 0 Å². The zero-order chi connectivity index (χ0) is 21.1. The van der Waals surface area contributed by atoms with Crippen LogP contribution in [0.2, 0.25) is 0 Å². The quantitative estimate of drug-likeness (QED) is 0.669. The normalized spacial score (nSPS) is 15.8. The molecule has 1 amide bonds. The molecule has 1 N–H and O–H groups in total. The molecule has 1 aliphatic rings. The fraction of sp³-hybridized carbons (Fsp3) is 0.208. The minimum absolute atomic E-state index is 0.0307. The number of anilines is 1. The summed E-state index contributed by atoms with van der Waals surface area (Å²) in [6.07, 6.45) is 2.95. The first-order valence-electron chi connectivity index (χ1n) is 9.99. The van der Waals surface area contributed by atoms with Crippen LogP contribution < -0.4 is 9.62 Å². The Morgan fingerprint density at radius 3 is 2.50 bits per heavy atom. The monoisotopic (exact) mass is 420 g/mol. The van der Waals surface area contributed by atoms with Gasteiger partial charge >= 0.3 is 0 Å². The van der Waals surface area contributed by atoms with Gasteiger partial charge in [0.25, 0.3) is 15.9 Å². The van der Waals surface area contributed by atoms with E-state index in [-0.39, 0.29) is 16.8 Å². The molecule has 1 atom stereocenters. The second-order valence-corrected chi connectivity index (χ2v) is 9.42. The minimum Gasteiger partial charge on any atom is -0.345 e. The average Bonchev–Trinajstić information content (AvgIpc) is 2.79. The lowest BCUT2D eigenvalue weighted by molar-refractivity contribution is 0.0932. The Morgan fingerprint density at radius 2 is 1.70 bits per heavy atom. The molecule has 0 saturated heterocycles. The number of carbonyl (C=O) groups excluding carboxylic acids is 1. The molecule has 6 heteroatoms. The zero-order valence-corrected chi connectivity index (χ0v) is 17.6. The van der Waals surface area contributed by atoms with E-state index in [1.165, 1.54) is 16.9 Å². The maximum Gasteiger partial charge on any atom is 0.264 e. The summed E-state index contributed by atoms with van der Waals surface area (Å²) < 4.78 is 27.0. The Balaban J connectivity index is 1.56. The summed E-state index contributed by atoms with van der Waals surface area (Å²) in [4.78, 5) is 13.1. The third kappa shape index (κ3) is 3.96. The van der Waals surface area contributed by atoms with Crippen molar-refractivity contribution >= 4 is 21.6 Å². The highest BCUT2D eigenvalue weighted by molar-refractivity contribution is 7.92. The van der Waals surface area contributed by atoms with Crippen LogP contribution in [0.5, 0.6) is 0 Å². The van der Waals surface area contributed by atoms with Gasteiger partial charge in [0.1, 0.15) is 0 Å². The van der Waals surface area contributed by atoms with Crippen LogP contribution in [0.25, 0.3) is 0 Å². The van der Waals surface area contributed by atoms with Crippen molar-refractivity contribution in [3.05, 3.63) is 95.6 Å². The van der Waals surface area contributed by atoms with Gasteiger partial charge in [0.15, 0.2) is 0 Å². The lowest BCUT2D eigenvalue weighted by Crippen LogP contribution is -2.31. The van der Waals surface area contributed by atoms with E-state index in [9.17, 15) is 13.2 Å². The Morgan fingerprint density at radius 1 is 0.967 bits per heavy atom. The lowest BCUT2D eigenvalue weighted by atomic mass is 9.87.